The van der Waals surface area contributed by atoms with Crippen LogP contribution in [0.1, 0.15) is 7.43 Å². The van der Waals surface area contributed by atoms with Gasteiger partial charge in [0.2, 0.25) is 0 Å². The molecule has 1 nitrogen and oxygen atoms in total. The molecule has 5 heavy (non-hydrogen) atoms. The van der Waals surface area contributed by atoms with Crippen LogP contribution in [0.2, 0.25) is 0 Å². The largest absolute Gasteiger partial charge is 0.344 e. The second-order valence-corrected chi connectivity index (χ2v) is 0. The van der Waals surface area contributed by atoms with E-state index < -0.39 is 0 Å². The van der Waals surface area contributed by atoms with E-state index >= 15 is 0 Å². The van der Waals surface area contributed by atoms with Gasteiger partial charge in [0.1, 0.15) is 0 Å². The van der Waals surface area contributed by atoms with Crippen molar-refractivity contribution in [3.05, 3.63) is 0 Å². The molecular formula is CH7BNSiZr. The molecule has 0 aliphatic heterocycles. The summed E-state index contributed by atoms with van der Waals surface area (Å²) >= 11 is 0. The minimum atomic E-state index is 0. The Balaban J connectivity index is 0. The van der Waals surface area contributed by atoms with Gasteiger partial charge in [-0.25, -0.2) is 0 Å². The topological polar surface area (TPSA) is 35.0 Å². The van der Waals surface area contributed by atoms with Gasteiger partial charge in [-0.1, -0.05) is 7.43 Å². The van der Waals surface area contributed by atoms with Crippen LogP contribution in [0, 0.1) is 0 Å². The van der Waals surface area contributed by atoms with Crippen LogP contribution >= 0.6 is 0 Å². The summed E-state index contributed by atoms with van der Waals surface area (Å²) in [7, 11) is 0. The van der Waals surface area contributed by atoms with Gasteiger partial charge in [0, 0.05) is 45.6 Å². The SMILES string of the molecule is C.N.[B].[Si].[Zr]. The third-order valence-corrected chi connectivity index (χ3v) is 0. The molecule has 0 aromatic heterocycles. The summed E-state index contributed by atoms with van der Waals surface area (Å²) < 4.78 is 0. The summed E-state index contributed by atoms with van der Waals surface area (Å²) in [4.78, 5) is 0. The van der Waals surface area contributed by atoms with Crippen molar-refractivity contribution < 1.29 is 26.2 Å². The molecular weight excluding hydrogens is 156 g/mol. The summed E-state index contributed by atoms with van der Waals surface area (Å²) in [6, 6.07) is 0. The van der Waals surface area contributed by atoms with Gasteiger partial charge in [0.15, 0.2) is 0 Å². The second kappa shape index (κ2) is 68.9. The predicted octanol–water partition coefficient (Wildman–Crippen LogP) is 0.0340. The molecule has 0 saturated heterocycles. The molecule has 27 valence electrons. The summed E-state index contributed by atoms with van der Waals surface area (Å²) in [5.74, 6) is 0. The van der Waals surface area contributed by atoms with Gasteiger partial charge in [0.05, 0.1) is 0 Å². The summed E-state index contributed by atoms with van der Waals surface area (Å²) in [5.41, 5.74) is 0. The molecule has 0 fully saturated rings. The van der Waals surface area contributed by atoms with E-state index in [1.807, 2.05) is 0 Å². The maximum Gasteiger partial charge on any atom is 0 e. The Morgan fingerprint density at radius 2 is 1.00 bits per heavy atom. The van der Waals surface area contributed by atoms with Crippen molar-refractivity contribution >= 4 is 19.4 Å². The van der Waals surface area contributed by atoms with Crippen LogP contribution in [0.3, 0.4) is 0 Å². The van der Waals surface area contributed by atoms with Crippen LogP contribution in [0.25, 0.3) is 0 Å². The number of hydrogen-bond donors (Lipinski definition) is 1. The summed E-state index contributed by atoms with van der Waals surface area (Å²) in [5, 5.41) is 0. The van der Waals surface area contributed by atoms with Crippen molar-refractivity contribution in [2.75, 3.05) is 0 Å². The van der Waals surface area contributed by atoms with Crippen LogP contribution in [0.15, 0.2) is 0 Å². The van der Waals surface area contributed by atoms with E-state index in [1.54, 1.807) is 0 Å². The quantitative estimate of drug-likeness (QED) is 0.502. The van der Waals surface area contributed by atoms with E-state index in [0.29, 0.717) is 0 Å². The van der Waals surface area contributed by atoms with Crippen LogP contribution in [0.5, 0.6) is 0 Å². The molecule has 0 aromatic rings. The molecule has 0 aliphatic rings. The Bertz CT molecular complexity index is 11.6. The number of hydrogen-bond acceptors (Lipinski definition) is 1. The van der Waals surface area contributed by atoms with Crippen molar-refractivity contribution in [2.24, 2.45) is 0 Å². The number of rotatable bonds is 0. The van der Waals surface area contributed by atoms with Crippen LogP contribution in [-0.4, -0.2) is 19.4 Å². The fourth-order valence-electron chi connectivity index (χ4n) is 0. The van der Waals surface area contributed by atoms with Gasteiger partial charge in [-0.05, 0) is 0 Å². The van der Waals surface area contributed by atoms with Crippen molar-refractivity contribution in [1.29, 1.82) is 0 Å². The standard InChI is InChI=1S/CH4.B.H3N.Si.Zr/h1H4;;1H3;;. The fourth-order valence-corrected chi connectivity index (χ4v) is 0. The predicted molar refractivity (Wildman–Crippen MR) is 23.3 cm³/mol. The van der Waals surface area contributed by atoms with Gasteiger partial charge < -0.3 is 6.15 Å². The molecule has 0 atom stereocenters. The first-order valence-electron chi connectivity index (χ1n) is 0. The molecule has 0 aromatic carbocycles. The summed E-state index contributed by atoms with van der Waals surface area (Å²) in [6.07, 6.45) is 0. The molecule has 0 saturated carbocycles. The molecule has 4 heteroatoms. The third kappa shape index (κ3) is 39.5. The van der Waals surface area contributed by atoms with Crippen molar-refractivity contribution in [3.63, 3.8) is 0 Å². The molecule has 0 aliphatic carbocycles. The maximum absolute atomic E-state index is 0. The Labute approximate surface area is 59.2 Å². The monoisotopic (exact) mass is 162 g/mol. The Hall–Kier alpha value is 1.12. The molecule has 0 rings (SSSR count). The zero-order chi connectivity index (χ0) is 0. The van der Waals surface area contributed by atoms with Crippen molar-refractivity contribution in [2.45, 2.75) is 7.43 Å². The van der Waals surface area contributed by atoms with Gasteiger partial charge in [0.25, 0.3) is 0 Å². The third-order valence-electron chi connectivity index (χ3n) is 0. The molecule has 3 N–H and O–H groups in total. The van der Waals surface area contributed by atoms with Gasteiger partial charge in [-0.2, -0.15) is 0 Å². The minimum absolute atomic E-state index is 0. The van der Waals surface area contributed by atoms with Gasteiger partial charge in [-0.15, -0.1) is 0 Å². The zero-order valence-corrected chi connectivity index (χ0v) is 5.74. The van der Waals surface area contributed by atoms with E-state index in [4.69, 9.17) is 0 Å². The van der Waals surface area contributed by atoms with Crippen molar-refractivity contribution in [1.82, 2.24) is 6.15 Å². The van der Waals surface area contributed by atoms with E-state index in [0.717, 1.165) is 0 Å². The van der Waals surface area contributed by atoms with E-state index in [-0.39, 0.29) is 59.2 Å². The fraction of sp³-hybridized carbons (Fsp3) is 1.00. The van der Waals surface area contributed by atoms with E-state index in [2.05, 4.69) is 0 Å². The molecule has 0 bridgehead atoms. The van der Waals surface area contributed by atoms with Gasteiger partial charge >= 0.3 is 0 Å². The van der Waals surface area contributed by atoms with E-state index in [9.17, 15) is 0 Å². The summed E-state index contributed by atoms with van der Waals surface area (Å²) in [6.45, 7) is 0. The Morgan fingerprint density at radius 1 is 1.00 bits per heavy atom. The van der Waals surface area contributed by atoms with Crippen LogP contribution in [0.4, 0.5) is 0 Å². The van der Waals surface area contributed by atoms with Crippen LogP contribution in [-0.2, 0) is 26.2 Å². The molecule has 0 unspecified atom stereocenters. The molecule has 7 radical (unpaired) electrons. The average Bonchev–Trinajstić information content (AvgIpc) is 0. The molecule has 0 spiro atoms. The first-order chi connectivity index (χ1) is 0. The normalized spacial score (nSPS) is 0. The smallest absolute Gasteiger partial charge is 0 e. The maximum atomic E-state index is 0. The average molecular weight is 163 g/mol. The Kier molecular flexibility index (Phi) is 1750. The van der Waals surface area contributed by atoms with Crippen LogP contribution < -0.4 is 6.15 Å². The van der Waals surface area contributed by atoms with E-state index in [1.165, 1.54) is 0 Å². The first-order valence-corrected chi connectivity index (χ1v) is 0. The minimum Gasteiger partial charge on any atom is -0.344 e. The molecule has 0 heterocycles. The van der Waals surface area contributed by atoms with Crippen molar-refractivity contribution in [3.8, 4) is 0 Å². The molecule has 0 amide bonds. The second-order valence-electron chi connectivity index (χ2n) is 0. The first kappa shape index (κ1) is 127. The van der Waals surface area contributed by atoms with Gasteiger partial charge in [-0.3, -0.25) is 0 Å². The Morgan fingerprint density at radius 3 is 1.00 bits per heavy atom. The zero-order valence-electron chi connectivity index (χ0n) is 2.28.